The Morgan fingerprint density at radius 3 is 2.07 bits per heavy atom. The second-order valence-electron chi connectivity index (χ2n) is 3.15. The monoisotopic (exact) mass is 218 g/mol. The molecule has 0 aromatic rings. The minimum Gasteiger partial charge on any atom is -0.478 e. The first-order valence-electron chi connectivity index (χ1n) is 4.38. The zero-order chi connectivity index (χ0) is 12.0. The maximum atomic E-state index is 10.7. The molecule has 0 aliphatic rings. The molecule has 6 nitrogen and oxygen atoms in total. The van der Waals surface area contributed by atoms with Crippen LogP contribution in [0.5, 0.6) is 0 Å². The van der Waals surface area contributed by atoms with Crippen LogP contribution in [0.4, 0.5) is 0 Å². The molecular formula is C9H14O6. The molecule has 0 heterocycles. The first-order chi connectivity index (χ1) is 6.84. The molecular weight excluding hydrogens is 204 g/mol. The van der Waals surface area contributed by atoms with Crippen molar-refractivity contribution < 1.29 is 29.0 Å². The number of ether oxygens (including phenoxy) is 2. The fourth-order valence-electron chi connectivity index (χ4n) is 0.925. The number of hydrogen-bond donors (Lipinski definition) is 1. The fraction of sp³-hybridized carbons (Fsp3) is 0.667. The molecule has 0 aliphatic heterocycles. The highest BCUT2D eigenvalue weighted by Crippen LogP contribution is 2.09. The van der Waals surface area contributed by atoms with E-state index in [-0.39, 0.29) is 6.61 Å². The lowest BCUT2D eigenvalue weighted by molar-refractivity contribution is -0.168. The number of rotatable bonds is 5. The van der Waals surface area contributed by atoms with Gasteiger partial charge in [-0.2, -0.15) is 0 Å². The lowest BCUT2D eigenvalue weighted by Gasteiger charge is -2.19. The molecule has 0 fully saturated rings. The van der Waals surface area contributed by atoms with Gasteiger partial charge in [-0.05, 0) is 0 Å². The number of carboxylic acid groups (broad SMARTS) is 1. The zero-order valence-corrected chi connectivity index (χ0v) is 8.85. The van der Waals surface area contributed by atoms with Gasteiger partial charge < -0.3 is 14.6 Å². The fourth-order valence-corrected chi connectivity index (χ4v) is 0.925. The first kappa shape index (κ1) is 13.4. The summed E-state index contributed by atoms with van der Waals surface area (Å²) < 4.78 is 9.20. The Labute approximate surface area is 87.2 Å². The second-order valence-corrected chi connectivity index (χ2v) is 3.15. The highest BCUT2D eigenvalue weighted by atomic mass is 16.6. The van der Waals surface area contributed by atoms with Crippen LogP contribution < -0.4 is 0 Å². The minimum atomic E-state index is -1.29. The van der Waals surface area contributed by atoms with Crippen molar-refractivity contribution in [2.45, 2.75) is 26.9 Å². The third-order valence-electron chi connectivity index (χ3n) is 1.60. The van der Waals surface area contributed by atoms with Gasteiger partial charge in [0.25, 0.3) is 0 Å². The van der Waals surface area contributed by atoms with Gasteiger partial charge in [-0.25, -0.2) is 4.79 Å². The molecule has 6 heteroatoms. The maximum absolute atomic E-state index is 10.7. The molecule has 2 atom stereocenters. The summed E-state index contributed by atoms with van der Waals surface area (Å²) in [4.78, 5) is 31.8. The predicted molar refractivity (Wildman–Crippen MR) is 49.0 cm³/mol. The number of carbonyl (C=O) groups excluding carboxylic acids is 2. The van der Waals surface area contributed by atoms with Crippen LogP contribution in [0, 0.1) is 5.92 Å². The first-order valence-corrected chi connectivity index (χ1v) is 4.38. The third-order valence-corrected chi connectivity index (χ3v) is 1.60. The Bertz CT molecular complexity index is 259. The van der Waals surface area contributed by atoms with Gasteiger partial charge in [0.15, 0.2) is 0 Å². The smallest absolute Gasteiger partial charge is 0.345 e. The molecule has 0 aliphatic carbocycles. The quantitative estimate of drug-likeness (QED) is 0.663. The van der Waals surface area contributed by atoms with Crippen LogP contribution in [0.25, 0.3) is 0 Å². The Balaban J connectivity index is 4.28. The molecule has 0 bridgehead atoms. The van der Waals surface area contributed by atoms with Crippen LogP contribution in [0.3, 0.4) is 0 Å². The van der Waals surface area contributed by atoms with E-state index in [4.69, 9.17) is 5.11 Å². The number of esters is 2. The van der Waals surface area contributed by atoms with E-state index in [1.165, 1.54) is 13.8 Å². The van der Waals surface area contributed by atoms with Gasteiger partial charge in [0, 0.05) is 19.8 Å². The van der Waals surface area contributed by atoms with Crippen LogP contribution in [0.2, 0.25) is 0 Å². The van der Waals surface area contributed by atoms with E-state index in [1.54, 1.807) is 0 Å². The Kier molecular flexibility index (Phi) is 5.36. The highest BCUT2D eigenvalue weighted by Gasteiger charge is 2.28. The molecule has 0 rings (SSSR count). The summed E-state index contributed by atoms with van der Waals surface area (Å²) >= 11 is 0. The molecule has 0 saturated carbocycles. The van der Waals surface area contributed by atoms with Gasteiger partial charge in [-0.1, -0.05) is 6.92 Å². The Morgan fingerprint density at radius 2 is 1.73 bits per heavy atom. The van der Waals surface area contributed by atoms with E-state index >= 15 is 0 Å². The van der Waals surface area contributed by atoms with Crippen LogP contribution in [0.15, 0.2) is 0 Å². The summed E-state index contributed by atoms with van der Waals surface area (Å²) in [6, 6.07) is 0. The summed E-state index contributed by atoms with van der Waals surface area (Å²) in [5.41, 5.74) is 0. The van der Waals surface area contributed by atoms with E-state index in [9.17, 15) is 14.4 Å². The van der Waals surface area contributed by atoms with Gasteiger partial charge in [0.1, 0.15) is 0 Å². The maximum Gasteiger partial charge on any atom is 0.345 e. The van der Waals surface area contributed by atoms with Crippen molar-refractivity contribution in [3.05, 3.63) is 0 Å². The molecule has 0 unspecified atom stereocenters. The molecule has 15 heavy (non-hydrogen) atoms. The van der Waals surface area contributed by atoms with E-state index in [2.05, 4.69) is 9.47 Å². The van der Waals surface area contributed by atoms with Crippen LogP contribution in [0.1, 0.15) is 20.8 Å². The molecule has 0 aromatic carbocycles. The molecule has 86 valence electrons. The average molecular weight is 218 g/mol. The Morgan fingerprint density at radius 1 is 1.20 bits per heavy atom. The normalized spacial score (nSPS) is 13.8. The highest BCUT2D eigenvalue weighted by molar-refractivity contribution is 5.77. The van der Waals surface area contributed by atoms with Gasteiger partial charge in [0.2, 0.25) is 6.10 Å². The van der Waals surface area contributed by atoms with Gasteiger partial charge in [-0.15, -0.1) is 0 Å². The van der Waals surface area contributed by atoms with Crippen molar-refractivity contribution in [2.75, 3.05) is 6.61 Å². The summed E-state index contributed by atoms with van der Waals surface area (Å²) in [5, 5.41) is 8.74. The summed E-state index contributed by atoms with van der Waals surface area (Å²) in [5.74, 6) is -3.04. The van der Waals surface area contributed by atoms with Gasteiger partial charge in [-0.3, -0.25) is 9.59 Å². The minimum absolute atomic E-state index is 0.0976. The standard InChI is InChI=1S/C9H14O6/c1-5(4-14-6(2)10)8(9(12)13)15-7(3)11/h5,8H,4H2,1-3H3,(H,12,13)/t5-,8+/m0/s1. The van der Waals surface area contributed by atoms with E-state index < -0.39 is 29.9 Å². The van der Waals surface area contributed by atoms with Crippen LogP contribution in [-0.4, -0.2) is 35.7 Å². The van der Waals surface area contributed by atoms with Crippen LogP contribution >= 0.6 is 0 Å². The second kappa shape index (κ2) is 6.00. The average Bonchev–Trinajstić information content (AvgIpc) is 2.09. The van der Waals surface area contributed by atoms with E-state index in [0.29, 0.717) is 0 Å². The number of hydrogen-bond acceptors (Lipinski definition) is 5. The molecule has 0 saturated heterocycles. The topological polar surface area (TPSA) is 89.9 Å². The number of carbonyl (C=O) groups is 3. The molecule has 0 amide bonds. The van der Waals surface area contributed by atoms with Crippen molar-refractivity contribution >= 4 is 17.9 Å². The van der Waals surface area contributed by atoms with Crippen molar-refractivity contribution in [3.8, 4) is 0 Å². The van der Waals surface area contributed by atoms with Crippen molar-refractivity contribution in [1.29, 1.82) is 0 Å². The van der Waals surface area contributed by atoms with Gasteiger partial charge in [0.05, 0.1) is 6.61 Å². The summed E-state index contributed by atoms with van der Waals surface area (Å²) in [6.07, 6.45) is -1.29. The number of aliphatic carboxylic acids is 1. The predicted octanol–water partition coefficient (Wildman–Crippen LogP) is 0.202. The molecule has 0 radical (unpaired) electrons. The number of carboxylic acids is 1. The Hall–Kier alpha value is -1.59. The van der Waals surface area contributed by atoms with E-state index in [0.717, 1.165) is 6.92 Å². The summed E-state index contributed by atoms with van der Waals surface area (Å²) in [6.45, 7) is 3.76. The van der Waals surface area contributed by atoms with E-state index in [1.807, 2.05) is 0 Å². The van der Waals surface area contributed by atoms with Crippen molar-refractivity contribution in [1.82, 2.24) is 0 Å². The van der Waals surface area contributed by atoms with Crippen molar-refractivity contribution in [3.63, 3.8) is 0 Å². The lowest BCUT2D eigenvalue weighted by Crippen LogP contribution is -2.35. The summed E-state index contributed by atoms with van der Waals surface area (Å²) in [7, 11) is 0. The zero-order valence-electron chi connectivity index (χ0n) is 8.85. The lowest BCUT2D eigenvalue weighted by atomic mass is 10.1. The van der Waals surface area contributed by atoms with Crippen LogP contribution in [-0.2, 0) is 23.9 Å². The molecule has 1 N–H and O–H groups in total. The van der Waals surface area contributed by atoms with Gasteiger partial charge >= 0.3 is 17.9 Å². The molecule has 0 aromatic heterocycles. The largest absolute Gasteiger partial charge is 0.478 e. The SMILES string of the molecule is CC(=O)OC[C@H](C)[C@@H](OC(C)=O)C(=O)O. The van der Waals surface area contributed by atoms with Crippen molar-refractivity contribution in [2.24, 2.45) is 5.92 Å². The molecule has 0 spiro atoms. The third kappa shape index (κ3) is 5.66.